The van der Waals surface area contributed by atoms with E-state index in [4.69, 9.17) is 12.2 Å². The molecule has 0 atom stereocenters. The first-order chi connectivity index (χ1) is 10.6. The molecule has 0 saturated heterocycles. The lowest BCUT2D eigenvalue weighted by atomic mass is 10.1. The standard InChI is InChI=1S/C16H17N3O2S/c20-15(21)13-6-8-14(9-7-13)18-19-16(22)17-11-10-12-4-2-1-3-5-12/h1-9,18H,10-11H2,(H,20,21)(H2,17,19,22)/p-1. The zero-order chi connectivity index (χ0) is 15.8. The number of anilines is 1. The van der Waals surface area contributed by atoms with Crippen LogP contribution in [0, 0.1) is 0 Å². The summed E-state index contributed by atoms with van der Waals surface area (Å²) in [6.45, 7) is 0.723. The van der Waals surface area contributed by atoms with E-state index < -0.39 is 5.97 Å². The second-order valence-electron chi connectivity index (χ2n) is 4.61. The minimum absolute atomic E-state index is 0.133. The summed E-state index contributed by atoms with van der Waals surface area (Å²) in [6, 6.07) is 16.3. The molecule has 0 bridgehead atoms. The van der Waals surface area contributed by atoms with Crippen molar-refractivity contribution in [2.24, 2.45) is 0 Å². The maximum Gasteiger partial charge on any atom is 0.185 e. The Bertz CT molecular complexity index is 630. The molecule has 0 radical (unpaired) electrons. The molecule has 0 heterocycles. The zero-order valence-corrected chi connectivity index (χ0v) is 12.7. The fourth-order valence-corrected chi connectivity index (χ4v) is 1.98. The molecule has 0 aliphatic rings. The highest BCUT2D eigenvalue weighted by atomic mass is 32.1. The molecule has 0 aromatic heterocycles. The van der Waals surface area contributed by atoms with Crippen LogP contribution in [0.25, 0.3) is 0 Å². The van der Waals surface area contributed by atoms with Gasteiger partial charge in [0.15, 0.2) is 5.11 Å². The van der Waals surface area contributed by atoms with Crippen molar-refractivity contribution in [2.45, 2.75) is 6.42 Å². The molecule has 114 valence electrons. The molecule has 22 heavy (non-hydrogen) atoms. The van der Waals surface area contributed by atoms with Gasteiger partial charge in [-0.3, -0.25) is 10.9 Å². The molecule has 2 rings (SSSR count). The largest absolute Gasteiger partial charge is 0.545 e. The maximum absolute atomic E-state index is 10.6. The third kappa shape index (κ3) is 5.06. The van der Waals surface area contributed by atoms with E-state index in [0.29, 0.717) is 10.8 Å². The molecule has 3 N–H and O–H groups in total. The number of carboxylic acids is 1. The first-order valence-corrected chi connectivity index (χ1v) is 7.21. The summed E-state index contributed by atoms with van der Waals surface area (Å²) in [5, 5.41) is 14.2. The first kappa shape index (κ1) is 15.8. The van der Waals surface area contributed by atoms with Crippen molar-refractivity contribution in [3.8, 4) is 0 Å². The lowest BCUT2D eigenvalue weighted by Gasteiger charge is -2.13. The molecule has 0 fully saturated rings. The van der Waals surface area contributed by atoms with Gasteiger partial charge in [0.25, 0.3) is 0 Å². The first-order valence-electron chi connectivity index (χ1n) is 6.80. The third-order valence-corrected chi connectivity index (χ3v) is 3.23. The maximum atomic E-state index is 10.6. The van der Waals surface area contributed by atoms with E-state index in [2.05, 4.69) is 28.3 Å². The smallest absolute Gasteiger partial charge is 0.185 e. The van der Waals surface area contributed by atoms with Crippen molar-refractivity contribution in [3.63, 3.8) is 0 Å². The van der Waals surface area contributed by atoms with Gasteiger partial charge in [-0.2, -0.15) is 0 Å². The highest BCUT2D eigenvalue weighted by molar-refractivity contribution is 7.80. The SMILES string of the molecule is O=C([O-])c1ccc(NNC(=S)NCCc2ccccc2)cc1. The Balaban J connectivity index is 1.70. The number of thiocarbonyl (C=S) groups is 1. The van der Waals surface area contributed by atoms with E-state index in [1.165, 1.54) is 17.7 Å². The van der Waals surface area contributed by atoms with Crippen molar-refractivity contribution in [2.75, 3.05) is 12.0 Å². The van der Waals surface area contributed by atoms with Crippen molar-refractivity contribution in [3.05, 3.63) is 65.7 Å². The number of carboxylic acid groups (broad SMARTS) is 1. The van der Waals surface area contributed by atoms with Crippen LogP contribution in [0.3, 0.4) is 0 Å². The van der Waals surface area contributed by atoms with E-state index in [0.717, 1.165) is 13.0 Å². The molecule has 5 nitrogen and oxygen atoms in total. The number of nitrogens with one attached hydrogen (secondary N) is 3. The van der Waals surface area contributed by atoms with E-state index in [-0.39, 0.29) is 5.56 Å². The van der Waals surface area contributed by atoms with Gasteiger partial charge in [0.1, 0.15) is 0 Å². The molecule has 0 aliphatic carbocycles. The van der Waals surface area contributed by atoms with Gasteiger partial charge in [-0.25, -0.2) is 0 Å². The van der Waals surface area contributed by atoms with Gasteiger partial charge in [0, 0.05) is 6.54 Å². The number of hydrogen-bond donors (Lipinski definition) is 3. The summed E-state index contributed by atoms with van der Waals surface area (Å²) in [5.41, 5.74) is 7.81. The molecular formula is C16H16N3O2S-. The molecule has 0 saturated carbocycles. The fourth-order valence-electron chi connectivity index (χ4n) is 1.83. The van der Waals surface area contributed by atoms with Crippen molar-refractivity contribution < 1.29 is 9.90 Å². The molecule has 0 unspecified atom stereocenters. The van der Waals surface area contributed by atoms with E-state index in [1.807, 2.05) is 18.2 Å². The summed E-state index contributed by atoms with van der Waals surface area (Å²) < 4.78 is 0. The minimum atomic E-state index is -1.20. The molecular weight excluding hydrogens is 298 g/mol. The van der Waals surface area contributed by atoms with Crippen LogP contribution in [-0.2, 0) is 6.42 Å². The normalized spacial score (nSPS) is 9.82. The molecule has 2 aromatic carbocycles. The number of carbonyl (C=O) groups is 1. The highest BCUT2D eigenvalue weighted by Gasteiger charge is 1.97. The van der Waals surface area contributed by atoms with Crippen molar-refractivity contribution in [1.82, 2.24) is 10.7 Å². The Hall–Kier alpha value is -2.60. The summed E-state index contributed by atoms with van der Waals surface area (Å²) in [5.74, 6) is -1.20. The number of carbonyl (C=O) groups excluding carboxylic acids is 1. The van der Waals surface area contributed by atoms with Crippen LogP contribution < -0.4 is 21.3 Å². The van der Waals surface area contributed by atoms with Crippen LogP contribution in [-0.4, -0.2) is 17.6 Å². The summed E-state index contributed by atoms with van der Waals surface area (Å²) >= 11 is 5.15. The number of benzene rings is 2. The number of hydrazine groups is 1. The van der Waals surface area contributed by atoms with Gasteiger partial charge < -0.3 is 15.2 Å². The Labute approximate surface area is 134 Å². The number of hydrogen-bond acceptors (Lipinski definition) is 4. The summed E-state index contributed by atoms with van der Waals surface area (Å²) in [7, 11) is 0. The Morgan fingerprint density at radius 1 is 1.05 bits per heavy atom. The second kappa shape index (κ2) is 7.99. The lowest BCUT2D eigenvalue weighted by molar-refractivity contribution is -0.255. The van der Waals surface area contributed by atoms with E-state index in [9.17, 15) is 9.90 Å². The average molecular weight is 314 g/mol. The van der Waals surface area contributed by atoms with Crippen LogP contribution in [0.2, 0.25) is 0 Å². The molecule has 0 aliphatic heterocycles. The monoisotopic (exact) mass is 314 g/mol. The Morgan fingerprint density at radius 3 is 2.36 bits per heavy atom. The van der Waals surface area contributed by atoms with Gasteiger partial charge in [-0.15, -0.1) is 0 Å². The quantitative estimate of drug-likeness (QED) is 0.547. The van der Waals surface area contributed by atoms with Gasteiger partial charge in [0.05, 0.1) is 11.7 Å². The third-order valence-electron chi connectivity index (χ3n) is 2.98. The van der Waals surface area contributed by atoms with Crippen LogP contribution in [0.4, 0.5) is 5.69 Å². The van der Waals surface area contributed by atoms with Crippen molar-refractivity contribution >= 4 is 29.0 Å². The lowest BCUT2D eigenvalue weighted by Crippen LogP contribution is -2.39. The predicted octanol–water partition coefficient (Wildman–Crippen LogP) is 1.08. The number of rotatable bonds is 6. The number of aromatic carboxylic acids is 1. The Morgan fingerprint density at radius 2 is 1.73 bits per heavy atom. The molecule has 6 heteroatoms. The van der Waals surface area contributed by atoms with Crippen LogP contribution >= 0.6 is 12.2 Å². The minimum Gasteiger partial charge on any atom is -0.545 e. The van der Waals surface area contributed by atoms with Crippen LogP contribution in [0.5, 0.6) is 0 Å². The van der Waals surface area contributed by atoms with E-state index in [1.54, 1.807) is 12.1 Å². The zero-order valence-electron chi connectivity index (χ0n) is 11.8. The van der Waals surface area contributed by atoms with Gasteiger partial charge >= 0.3 is 0 Å². The molecule has 2 aromatic rings. The Kier molecular flexibility index (Phi) is 5.73. The summed E-state index contributed by atoms with van der Waals surface area (Å²) in [4.78, 5) is 10.6. The topological polar surface area (TPSA) is 76.2 Å². The average Bonchev–Trinajstić information content (AvgIpc) is 2.54. The van der Waals surface area contributed by atoms with E-state index >= 15 is 0 Å². The van der Waals surface area contributed by atoms with Gasteiger partial charge in [-0.05, 0) is 41.9 Å². The summed E-state index contributed by atoms with van der Waals surface area (Å²) in [6.07, 6.45) is 0.878. The highest BCUT2D eigenvalue weighted by Crippen LogP contribution is 2.07. The fraction of sp³-hybridized carbons (Fsp3) is 0.125. The van der Waals surface area contributed by atoms with Gasteiger partial charge in [-0.1, -0.05) is 42.5 Å². The second-order valence-corrected chi connectivity index (χ2v) is 5.01. The predicted molar refractivity (Wildman–Crippen MR) is 88.3 cm³/mol. The van der Waals surface area contributed by atoms with Crippen LogP contribution in [0.1, 0.15) is 15.9 Å². The van der Waals surface area contributed by atoms with Crippen LogP contribution in [0.15, 0.2) is 54.6 Å². The van der Waals surface area contributed by atoms with Crippen molar-refractivity contribution in [1.29, 1.82) is 0 Å². The molecule has 0 spiro atoms. The van der Waals surface area contributed by atoms with Gasteiger partial charge in [0.2, 0.25) is 0 Å². The molecule has 0 amide bonds.